The standard InChI is InChI=1S/C24H30N4O3S2/c1-4-33(30,31)26-22(15-16-32-3)24(29)27(2)17-20-18-28(21-13-9-6-10-14-21)25-23(20)19-11-7-5-8-12-19/h5-14,18,22,26H,4,15-17H2,1-3H3. The molecule has 0 fully saturated rings. The van der Waals surface area contributed by atoms with Crippen LogP contribution in [0.4, 0.5) is 0 Å². The van der Waals surface area contributed by atoms with Gasteiger partial charge in [0.1, 0.15) is 6.04 Å². The van der Waals surface area contributed by atoms with Crippen molar-refractivity contribution in [2.75, 3.05) is 24.8 Å². The van der Waals surface area contributed by atoms with Crippen molar-refractivity contribution in [1.29, 1.82) is 0 Å². The Morgan fingerprint density at radius 2 is 1.76 bits per heavy atom. The minimum atomic E-state index is -3.51. The minimum Gasteiger partial charge on any atom is -0.340 e. The maximum absolute atomic E-state index is 13.2. The topological polar surface area (TPSA) is 84.3 Å². The lowest BCUT2D eigenvalue weighted by atomic mass is 10.1. The van der Waals surface area contributed by atoms with Crippen LogP contribution in [0.2, 0.25) is 0 Å². The molecule has 3 rings (SSSR count). The van der Waals surface area contributed by atoms with Gasteiger partial charge in [-0.3, -0.25) is 4.79 Å². The van der Waals surface area contributed by atoms with E-state index in [0.717, 1.165) is 22.5 Å². The highest BCUT2D eigenvalue weighted by Crippen LogP contribution is 2.25. The van der Waals surface area contributed by atoms with Crippen LogP contribution in [0.3, 0.4) is 0 Å². The van der Waals surface area contributed by atoms with Crippen LogP contribution in [0.25, 0.3) is 16.9 Å². The van der Waals surface area contributed by atoms with Gasteiger partial charge in [-0.1, -0.05) is 48.5 Å². The molecule has 1 aromatic heterocycles. The molecule has 0 radical (unpaired) electrons. The Morgan fingerprint density at radius 3 is 2.36 bits per heavy atom. The summed E-state index contributed by atoms with van der Waals surface area (Å²) in [6, 6.07) is 18.8. The number of likely N-dealkylation sites (N-methyl/N-ethyl adjacent to an activating group) is 1. The Kier molecular flexibility index (Phi) is 8.71. The minimum absolute atomic E-state index is 0.0677. The second-order valence-corrected chi connectivity index (χ2v) is 10.7. The summed E-state index contributed by atoms with van der Waals surface area (Å²) < 4.78 is 28.7. The zero-order chi connectivity index (χ0) is 23.8. The normalized spacial score (nSPS) is 12.5. The van der Waals surface area contributed by atoms with E-state index in [0.29, 0.717) is 18.7 Å². The van der Waals surface area contributed by atoms with E-state index in [1.165, 1.54) is 0 Å². The molecule has 0 aliphatic heterocycles. The number of aromatic nitrogens is 2. The Hall–Kier alpha value is -2.62. The number of sulfonamides is 1. The summed E-state index contributed by atoms with van der Waals surface area (Å²) in [5.74, 6) is 0.354. The average molecular weight is 487 g/mol. The van der Waals surface area contributed by atoms with Crippen LogP contribution < -0.4 is 4.72 Å². The number of carbonyl (C=O) groups excluding carboxylic acids is 1. The number of nitrogens with one attached hydrogen (secondary N) is 1. The predicted molar refractivity (Wildman–Crippen MR) is 135 cm³/mol. The molecular formula is C24H30N4O3S2. The van der Waals surface area contributed by atoms with Gasteiger partial charge in [-0.2, -0.15) is 16.9 Å². The number of thioether (sulfide) groups is 1. The number of hydrogen-bond acceptors (Lipinski definition) is 5. The molecule has 1 heterocycles. The van der Waals surface area contributed by atoms with Gasteiger partial charge < -0.3 is 4.90 Å². The molecule has 176 valence electrons. The van der Waals surface area contributed by atoms with Crippen LogP contribution in [0.15, 0.2) is 66.9 Å². The molecule has 0 saturated heterocycles. The molecule has 33 heavy (non-hydrogen) atoms. The first-order valence-electron chi connectivity index (χ1n) is 10.8. The first kappa shape index (κ1) is 25.0. The van der Waals surface area contributed by atoms with Crippen molar-refractivity contribution in [2.45, 2.75) is 25.9 Å². The highest BCUT2D eigenvalue weighted by Gasteiger charge is 2.27. The molecule has 1 amide bonds. The van der Waals surface area contributed by atoms with Crippen molar-refractivity contribution in [1.82, 2.24) is 19.4 Å². The van der Waals surface area contributed by atoms with Crippen LogP contribution in [0.5, 0.6) is 0 Å². The van der Waals surface area contributed by atoms with Crippen LogP contribution >= 0.6 is 11.8 Å². The lowest BCUT2D eigenvalue weighted by Gasteiger charge is -2.24. The fraction of sp³-hybridized carbons (Fsp3) is 0.333. The molecule has 3 aromatic rings. The van der Waals surface area contributed by atoms with E-state index < -0.39 is 16.1 Å². The van der Waals surface area contributed by atoms with Crippen molar-refractivity contribution >= 4 is 27.7 Å². The molecule has 1 atom stereocenters. The second-order valence-electron chi connectivity index (χ2n) is 7.70. The Labute approximate surface area is 200 Å². The second kappa shape index (κ2) is 11.5. The highest BCUT2D eigenvalue weighted by atomic mass is 32.2. The van der Waals surface area contributed by atoms with Crippen molar-refractivity contribution in [2.24, 2.45) is 0 Å². The van der Waals surface area contributed by atoms with E-state index in [9.17, 15) is 13.2 Å². The molecule has 0 saturated carbocycles. The first-order valence-corrected chi connectivity index (χ1v) is 13.8. The van der Waals surface area contributed by atoms with Gasteiger partial charge >= 0.3 is 0 Å². The van der Waals surface area contributed by atoms with Gasteiger partial charge in [0, 0.05) is 30.9 Å². The van der Waals surface area contributed by atoms with Gasteiger partial charge in [-0.25, -0.2) is 17.8 Å². The van der Waals surface area contributed by atoms with Gasteiger partial charge in [-0.05, 0) is 37.5 Å². The van der Waals surface area contributed by atoms with Crippen LogP contribution in [-0.4, -0.2) is 59.9 Å². The van der Waals surface area contributed by atoms with Crippen LogP contribution in [0.1, 0.15) is 18.9 Å². The van der Waals surface area contributed by atoms with Crippen molar-refractivity contribution in [3.8, 4) is 16.9 Å². The molecule has 1 unspecified atom stereocenters. The third-order valence-corrected chi connectivity index (χ3v) is 7.30. The molecule has 7 nitrogen and oxygen atoms in total. The summed E-state index contributed by atoms with van der Waals surface area (Å²) in [5, 5.41) is 4.79. The van der Waals surface area contributed by atoms with E-state index in [1.807, 2.05) is 73.1 Å². The summed E-state index contributed by atoms with van der Waals surface area (Å²) in [7, 11) is -1.81. The van der Waals surface area contributed by atoms with E-state index in [-0.39, 0.29) is 11.7 Å². The SMILES string of the molecule is CCS(=O)(=O)NC(CCSC)C(=O)N(C)Cc1cn(-c2ccccc2)nc1-c1ccccc1. The monoisotopic (exact) mass is 486 g/mol. The zero-order valence-corrected chi connectivity index (χ0v) is 20.8. The van der Waals surface area contributed by atoms with Gasteiger partial charge in [0.15, 0.2) is 0 Å². The largest absolute Gasteiger partial charge is 0.340 e. The molecule has 0 bridgehead atoms. The average Bonchev–Trinajstić information content (AvgIpc) is 3.26. The maximum atomic E-state index is 13.2. The van der Waals surface area contributed by atoms with Crippen LogP contribution in [-0.2, 0) is 21.4 Å². The number of carbonyl (C=O) groups is 1. The van der Waals surface area contributed by atoms with E-state index in [2.05, 4.69) is 4.72 Å². The predicted octanol–water partition coefficient (Wildman–Crippen LogP) is 3.56. The maximum Gasteiger partial charge on any atom is 0.240 e. The Bertz CT molecular complexity index is 1150. The number of benzene rings is 2. The van der Waals surface area contributed by atoms with Gasteiger partial charge in [0.2, 0.25) is 15.9 Å². The van der Waals surface area contributed by atoms with Crippen LogP contribution in [0, 0.1) is 0 Å². The highest BCUT2D eigenvalue weighted by molar-refractivity contribution is 7.98. The lowest BCUT2D eigenvalue weighted by Crippen LogP contribution is -2.47. The number of nitrogens with zero attached hydrogens (tertiary/aromatic N) is 3. The number of hydrogen-bond donors (Lipinski definition) is 1. The third kappa shape index (κ3) is 6.69. The van der Waals surface area contributed by atoms with E-state index in [1.54, 1.807) is 35.3 Å². The Morgan fingerprint density at radius 1 is 1.12 bits per heavy atom. The summed E-state index contributed by atoms with van der Waals surface area (Å²) in [6.45, 7) is 1.87. The Balaban J connectivity index is 1.90. The summed E-state index contributed by atoms with van der Waals surface area (Å²) in [5.41, 5.74) is 3.54. The smallest absolute Gasteiger partial charge is 0.240 e. The van der Waals surface area contributed by atoms with E-state index >= 15 is 0 Å². The number of para-hydroxylation sites is 1. The molecule has 1 N–H and O–H groups in total. The molecule has 2 aromatic carbocycles. The lowest BCUT2D eigenvalue weighted by molar-refractivity contribution is -0.132. The summed E-state index contributed by atoms with van der Waals surface area (Å²) in [4.78, 5) is 14.8. The van der Waals surface area contributed by atoms with Crippen molar-refractivity contribution in [3.05, 3.63) is 72.4 Å². The molecule has 0 aliphatic carbocycles. The fourth-order valence-electron chi connectivity index (χ4n) is 3.45. The first-order chi connectivity index (χ1) is 15.8. The molecular weight excluding hydrogens is 456 g/mol. The molecule has 9 heteroatoms. The zero-order valence-electron chi connectivity index (χ0n) is 19.1. The van der Waals surface area contributed by atoms with Crippen molar-refractivity contribution in [3.63, 3.8) is 0 Å². The fourth-order valence-corrected chi connectivity index (χ4v) is 4.74. The van der Waals surface area contributed by atoms with E-state index in [4.69, 9.17) is 5.10 Å². The van der Waals surface area contributed by atoms with Gasteiger partial charge in [-0.15, -0.1) is 0 Å². The summed E-state index contributed by atoms with van der Waals surface area (Å²) in [6.07, 6.45) is 4.29. The third-order valence-electron chi connectivity index (χ3n) is 5.25. The number of amides is 1. The van der Waals surface area contributed by atoms with Gasteiger partial charge in [0.05, 0.1) is 17.1 Å². The summed E-state index contributed by atoms with van der Waals surface area (Å²) >= 11 is 1.58. The molecule has 0 aliphatic rings. The van der Waals surface area contributed by atoms with Crippen molar-refractivity contribution < 1.29 is 13.2 Å². The van der Waals surface area contributed by atoms with Gasteiger partial charge in [0.25, 0.3) is 0 Å². The molecule has 0 spiro atoms. The number of rotatable bonds is 11. The quantitative estimate of drug-likeness (QED) is 0.448.